The van der Waals surface area contributed by atoms with Crippen LogP contribution in [-0.4, -0.2) is 63.8 Å². The van der Waals surface area contributed by atoms with Crippen molar-refractivity contribution in [3.63, 3.8) is 0 Å². The Labute approximate surface area is 222 Å². The largest absolute Gasteiger partial charge is 0.491 e. The van der Waals surface area contributed by atoms with Crippen LogP contribution in [0.2, 0.25) is 0 Å². The van der Waals surface area contributed by atoms with Gasteiger partial charge in [-0.05, 0) is 49.3 Å². The molecular formula is C31H34O7. The van der Waals surface area contributed by atoms with Gasteiger partial charge in [0.15, 0.2) is 5.78 Å². The number of ketones is 1. The number of hydrogen-bond acceptors (Lipinski definition) is 7. The van der Waals surface area contributed by atoms with E-state index in [1.807, 2.05) is 24.3 Å². The van der Waals surface area contributed by atoms with Gasteiger partial charge in [0.05, 0.1) is 24.4 Å². The molecule has 0 amide bonds. The molecule has 4 atom stereocenters. The lowest BCUT2D eigenvalue weighted by molar-refractivity contribution is 0.0814. The summed E-state index contributed by atoms with van der Waals surface area (Å²) in [7, 11) is 0. The molecule has 2 aliphatic rings. The average Bonchev–Trinajstić information content (AvgIpc) is 2.89. The van der Waals surface area contributed by atoms with E-state index < -0.39 is 23.0 Å². The van der Waals surface area contributed by atoms with Crippen LogP contribution >= 0.6 is 0 Å². The van der Waals surface area contributed by atoms with Gasteiger partial charge in [0, 0.05) is 23.0 Å². The molecule has 0 radical (unpaired) electrons. The zero-order chi connectivity index (χ0) is 27.3. The first-order valence-corrected chi connectivity index (χ1v) is 12.6. The minimum absolute atomic E-state index is 0.117. The van der Waals surface area contributed by atoms with E-state index in [4.69, 9.17) is 19.7 Å². The third-order valence-electron chi connectivity index (χ3n) is 6.84. The summed E-state index contributed by atoms with van der Waals surface area (Å²) in [4.78, 5) is 14.1. The first kappa shape index (κ1) is 27.5. The molecule has 0 saturated heterocycles. The summed E-state index contributed by atoms with van der Waals surface area (Å²) in [6.45, 7) is 3.28. The third kappa shape index (κ3) is 5.81. The van der Waals surface area contributed by atoms with Gasteiger partial charge in [0.1, 0.15) is 24.7 Å². The van der Waals surface area contributed by atoms with Gasteiger partial charge in [0.25, 0.3) is 0 Å². The molecule has 0 heterocycles. The fourth-order valence-electron chi connectivity index (χ4n) is 5.06. The van der Waals surface area contributed by atoms with E-state index >= 15 is 0 Å². The van der Waals surface area contributed by atoms with Crippen molar-refractivity contribution >= 4 is 5.78 Å². The molecule has 200 valence electrons. The van der Waals surface area contributed by atoms with Crippen LogP contribution in [0.1, 0.15) is 52.7 Å². The SMILES string of the molecule is CC1(O)C=C(OCCO)C=CC1c1ccccc1C(=O)c1ccccc1C1C=CC(OCCO)=CC1(C)O. The van der Waals surface area contributed by atoms with E-state index in [9.17, 15) is 15.0 Å². The van der Waals surface area contributed by atoms with Gasteiger partial charge in [-0.1, -0.05) is 60.7 Å². The first-order valence-electron chi connectivity index (χ1n) is 12.6. The van der Waals surface area contributed by atoms with Gasteiger partial charge in [-0.2, -0.15) is 0 Å². The number of aliphatic hydroxyl groups excluding tert-OH is 2. The molecule has 7 heteroatoms. The summed E-state index contributed by atoms with van der Waals surface area (Å²) in [5.74, 6) is -0.333. The number of allylic oxidation sites excluding steroid dienone is 2. The van der Waals surface area contributed by atoms with E-state index in [1.165, 1.54) is 0 Å². The van der Waals surface area contributed by atoms with Crippen molar-refractivity contribution in [1.29, 1.82) is 0 Å². The average molecular weight is 519 g/mol. The van der Waals surface area contributed by atoms with Crippen molar-refractivity contribution in [2.75, 3.05) is 26.4 Å². The molecule has 2 aromatic rings. The quantitative estimate of drug-likeness (QED) is 0.356. The van der Waals surface area contributed by atoms with Gasteiger partial charge >= 0.3 is 0 Å². The van der Waals surface area contributed by atoms with E-state index in [-0.39, 0.29) is 32.2 Å². The lowest BCUT2D eigenvalue weighted by atomic mass is 9.75. The predicted molar refractivity (Wildman–Crippen MR) is 144 cm³/mol. The molecule has 2 aliphatic carbocycles. The summed E-state index contributed by atoms with van der Waals surface area (Å²) in [6.07, 6.45) is 10.3. The topological polar surface area (TPSA) is 116 Å². The Morgan fingerprint density at radius 1 is 0.737 bits per heavy atom. The number of rotatable bonds is 10. The summed E-state index contributed by atoms with van der Waals surface area (Å²) >= 11 is 0. The summed E-state index contributed by atoms with van der Waals surface area (Å²) < 4.78 is 10.9. The van der Waals surface area contributed by atoms with Crippen LogP contribution in [0.3, 0.4) is 0 Å². The molecule has 0 bridgehead atoms. The van der Waals surface area contributed by atoms with Crippen LogP contribution < -0.4 is 0 Å². The second kappa shape index (κ2) is 11.5. The molecule has 0 fully saturated rings. The maximum absolute atomic E-state index is 14.1. The van der Waals surface area contributed by atoms with E-state index in [0.717, 1.165) is 0 Å². The standard InChI is InChI=1S/C31H34O7/c1-30(35)19-21(37-17-15-32)11-13-27(30)23-7-3-5-9-25(23)29(34)26-10-6-4-8-24(26)28-14-12-22(38-18-16-33)20-31(28,2)36/h3-14,19-20,27-28,32-33,35-36H,15-18H2,1-2H3. The zero-order valence-corrected chi connectivity index (χ0v) is 21.6. The second-order valence-corrected chi connectivity index (χ2v) is 9.87. The number of aliphatic hydroxyl groups is 4. The van der Waals surface area contributed by atoms with Crippen molar-refractivity contribution in [3.8, 4) is 0 Å². The van der Waals surface area contributed by atoms with Gasteiger partial charge < -0.3 is 29.9 Å². The molecule has 4 unspecified atom stereocenters. The maximum Gasteiger partial charge on any atom is 0.193 e. The summed E-state index contributed by atoms with van der Waals surface area (Å²) in [5.41, 5.74) is -0.440. The smallest absolute Gasteiger partial charge is 0.193 e. The lowest BCUT2D eigenvalue weighted by Crippen LogP contribution is -2.34. The van der Waals surface area contributed by atoms with E-state index in [0.29, 0.717) is 33.8 Å². The van der Waals surface area contributed by atoms with Crippen molar-refractivity contribution in [2.24, 2.45) is 0 Å². The van der Waals surface area contributed by atoms with Crippen molar-refractivity contribution in [2.45, 2.75) is 36.9 Å². The molecule has 2 aromatic carbocycles. The van der Waals surface area contributed by atoms with Gasteiger partial charge in [0.2, 0.25) is 0 Å². The molecule has 0 saturated carbocycles. The Hall–Kier alpha value is -3.49. The molecule has 38 heavy (non-hydrogen) atoms. The molecule has 0 aliphatic heterocycles. The molecule has 4 N–H and O–H groups in total. The number of hydrogen-bond donors (Lipinski definition) is 4. The summed E-state index contributed by atoms with van der Waals surface area (Å²) in [6, 6.07) is 14.4. The number of ether oxygens (including phenoxy) is 2. The normalized spacial score (nSPS) is 26.5. The molecule has 0 aromatic heterocycles. The van der Waals surface area contributed by atoms with Gasteiger partial charge in [-0.3, -0.25) is 4.79 Å². The van der Waals surface area contributed by atoms with Crippen LogP contribution in [0.5, 0.6) is 0 Å². The fraction of sp³-hybridized carbons (Fsp3) is 0.323. The van der Waals surface area contributed by atoms with Crippen LogP contribution in [0.4, 0.5) is 0 Å². The van der Waals surface area contributed by atoms with Crippen LogP contribution in [0.15, 0.2) is 96.5 Å². The highest BCUT2D eigenvalue weighted by Gasteiger charge is 2.37. The van der Waals surface area contributed by atoms with Crippen LogP contribution in [-0.2, 0) is 9.47 Å². The Bertz CT molecular complexity index is 1190. The molecule has 4 rings (SSSR count). The third-order valence-corrected chi connectivity index (χ3v) is 6.84. The highest BCUT2D eigenvalue weighted by molar-refractivity contribution is 6.11. The minimum atomic E-state index is -1.33. The Kier molecular flexibility index (Phi) is 8.33. The highest BCUT2D eigenvalue weighted by Crippen LogP contribution is 2.40. The number of carbonyl (C=O) groups is 1. The van der Waals surface area contributed by atoms with Gasteiger partial charge in [-0.25, -0.2) is 0 Å². The minimum Gasteiger partial charge on any atom is -0.491 e. The molecule has 7 nitrogen and oxygen atoms in total. The Balaban J connectivity index is 1.68. The monoisotopic (exact) mass is 518 g/mol. The van der Waals surface area contributed by atoms with Gasteiger partial charge in [-0.15, -0.1) is 0 Å². The van der Waals surface area contributed by atoms with Crippen molar-refractivity contribution in [1.82, 2.24) is 0 Å². The molecular weight excluding hydrogens is 484 g/mol. The highest BCUT2D eigenvalue weighted by atomic mass is 16.5. The molecule has 0 spiro atoms. The predicted octanol–water partition coefficient (Wildman–Crippen LogP) is 3.51. The van der Waals surface area contributed by atoms with Crippen molar-refractivity contribution in [3.05, 3.63) is 119 Å². The Morgan fingerprint density at radius 2 is 1.13 bits per heavy atom. The van der Waals surface area contributed by atoms with Crippen LogP contribution in [0, 0.1) is 0 Å². The lowest BCUT2D eigenvalue weighted by Gasteiger charge is -2.34. The first-order chi connectivity index (χ1) is 18.2. The van der Waals surface area contributed by atoms with E-state index in [2.05, 4.69) is 0 Å². The second-order valence-electron chi connectivity index (χ2n) is 9.87. The zero-order valence-electron chi connectivity index (χ0n) is 21.6. The fourth-order valence-corrected chi connectivity index (χ4v) is 5.06. The summed E-state index contributed by atoms with van der Waals surface area (Å²) in [5, 5.41) is 40.7. The Morgan fingerprint density at radius 3 is 1.50 bits per heavy atom. The van der Waals surface area contributed by atoms with Crippen molar-refractivity contribution < 1.29 is 34.7 Å². The van der Waals surface area contributed by atoms with E-state index in [1.54, 1.807) is 74.6 Å². The maximum atomic E-state index is 14.1. The number of benzene rings is 2. The van der Waals surface area contributed by atoms with Crippen LogP contribution in [0.25, 0.3) is 0 Å². The number of carbonyl (C=O) groups excluding carboxylic acids is 1.